The number of hydrogen-bond acceptors (Lipinski definition) is 3. The number of amidine groups is 1. The molecule has 1 amide bonds. The molecule has 0 saturated heterocycles. The Balaban J connectivity index is 1.21. The molecule has 5 unspecified atom stereocenters. The first kappa shape index (κ1) is 26.3. The Morgan fingerprint density at radius 1 is 1.18 bits per heavy atom. The summed E-state index contributed by atoms with van der Waals surface area (Å²) >= 11 is 2.11. The summed E-state index contributed by atoms with van der Waals surface area (Å²) in [6.07, 6.45) is 8.91. The Kier molecular flexibility index (Phi) is 7.07. The first-order chi connectivity index (χ1) is 18.3. The Morgan fingerprint density at radius 3 is 2.68 bits per heavy atom. The van der Waals surface area contributed by atoms with E-state index in [9.17, 15) is 9.18 Å². The molecule has 0 radical (unpaired) electrons. The van der Waals surface area contributed by atoms with Gasteiger partial charge < -0.3 is 4.90 Å². The van der Waals surface area contributed by atoms with Crippen LogP contribution in [-0.2, 0) is 4.79 Å². The van der Waals surface area contributed by atoms with E-state index in [0.717, 1.165) is 62.1 Å². The first-order valence-corrected chi connectivity index (χ1v) is 15.7. The minimum absolute atomic E-state index is 0.0790. The summed E-state index contributed by atoms with van der Waals surface area (Å²) in [5.74, 6) is 4.17. The number of rotatable bonds is 6. The minimum Gasteiger partial charge on any atom is -0.340 e. The predicted octanol–water partition coefficient (Wildman–Crippen LogP) is 7.21. The Labute approximate surface area is 231 Å². The van der Waals surface area contributed by atoms with Gasteiger partial charge in [0.15, 0.2) is 5.84 Å². The van der Waals surface area contributed by atoms with Gasteiger partial charge in [-0.15, -0.1) is 11.8 Å². The number of fused-ring (bicyclic) bond motifs is 3. The Hall–Kier alpha value is -1.95. The van der Waals surface area contributed by atoms with Crippen molar-refractivity contribution in [3.05, 3.63) is 45.6 Å². The highest BCUT2D eigenvalue weighted by Gasteiger charge is 2.84. The number of halogens is 1. The van der Waals surface area contributed by atoms with Gasteiger partial charge in [0.2, 0.25) is 5.91 Å². The van der Waals surface area contributed by atoms with Gasteiger partial charge in [0.25, 0.3) is 0 Å². The molecule has 6 atom stereocenters. The lowest BCUT2D eigenvalue weighted by atomic mass is 9.76. The summed E-state index contributed by atoms with van der Waals surface area (Å²) in [6, 6.07) is 5.09. The van der Waals surface area contributed by atoms with Crippen LogP contribution in [-0.4, -0.2) is 46.7 Å². The van der Waals surface area contributed by atoms with Crippen LogP contribution in [0.5, 0.6) is 0 Å². The van der Waals surface area contributed by atoms with Crippen molar-refractivity contribution in [3.63, 3.8) is 0 Å². The van der Waals surface area contributed by atoms with E-state index in [0.29, 0.717) is 28.0 Å². The number of aliphatic imine (C=N–C) groups is 2. The molecule has 38 heavy (non-hydrogen) atoms. The molecule has 0 N–H and O–H groups in total. The fraction of sp³-hybridized carbons (Fsp3) is 0.656. The SMILES string of the molecule is CCCC(=NC(=NCC(=O)N1CCC2=C(CC1)C1C3[C@@H]1C3(C)S2)c1ccc(F)c(C)c1)C1CCCCC1C. The molecule has 0 spiro atoms. The maximum atomic E-state index is 14.1. The number of amides is 1. The van der Waals surface area contributed by atoms with Crippen molar-refractivity contribution in [2.75, 3.05) is 19.6 Å². The van der Waals surface area contributed by atoms with Crippen molar-refractivity contribution in [1.29, 1.82) is 0 Å². The third-order valence-corrected chi connectivity index (χ3v) is 11.7. The lowest BCUT2D eigenvalue weighted by Gasteiger charge is -2.32. The average molecular weight is 536 g/mol. The van der Waals surface area contributed by atoms with E-state index in [1.165, 1.54) is 37.5 Å². The normalized spacial score (nSPS) is 34.4. The first-order valence-electron chi connectivity index (χ1n) is 14.9. The zero-order chi connectivity index (χ0) is 26.6. The summed E-state index contributed by atoms with van der Waals surface area (Å²) in [5, 5.41) is 0. The molecular weight excluding hydrogens is 493 g/mol. The standard InChI is InChI=1S/C32H42FN3OS/c1-5-8-25(22-10-7-6-9-19(22)2)35-31(21-11-12-24(33)20(3)17-21)34-18-27(37)36-15-13-23-26(14-16-36)38-32(4)29-28(23)30(29)32/h11-12,17,19,22,28-30H,5-10,13-16,18H2,1-4H3/t19?,22?,28?,29-,30?,32?/m1/s1. The molecule has 6 rings (SSSR count). The largest absolute Gasteiger partial charge is 0.340 e. The molecule has 1 aromatic carbocycles. The monoisotopic (exact) mass is 535 g/mol. The van der Waals surface area contributed by atoms with Crippen molar-refractivity contribution in [2.45, 2.75) is 83.8 Å². The molecule has 3 fully saturated rings. The van der Waals surface area contributed by atoms with Gasteiger partial charge in [-0.1, -0.05) is 45.1 Å². The summed E-state index contributed by atoms with van der Waals surface area (Å²) < 4.78 is 14.6. The third-order valence-electron chi connectivity index (χ3n) is 10.0. The van der Waals surface area contributed by atoms with E-state index in [1.54, 1.807) is 23.5 Å². The van der Waals surface area contributed by atoms with Crippen LogP contribution in [0.3, 0.4) is 0 Å². The molecule has 3 aliphatic carbocycles. The number of hydrogen-bond donors (Lipinski definition) is 0. The molecule has 4 nitrogen and oxygen atoms in total. The van der Waals surface area contributed by atoms with Crippen molar-refractivity contribution in [1.82, 2.24) is 4.90 Å². The van der Waals surface area contributed by atoms with Crippen LogP contribution in [0, 0.1) is 42.3 Å². The molecule has 1 aromatic rings. The second-order valence-corrected chi connectivity index (χ2v) is 14.1. The minimum atomic E-state index is -0.227. The zero-order valence-electron chi connectivity index (χ0n) is 23.4. The van der Waals surface area contributed by atoms with Gasteiger partial charge in [-0.25, -0.2) is 9.38 Å². The van der Waals surface area contributed by atoms with Crippen molar-refractivity contribution in [3.8, 4) is 0 Å². The van der Waals surface area contributed by atoms with Crippen LogP contribution in [0.15, 0.2) is 38.7 Å². The van der Waals surface area contributed by atoms with Gasteiger partial charge in [-0.2, -0.15) is 0 Å². The van der Waals surface area contributed by atoms with Crippen molar-refractivity contribution in [2.24, 2.45) is 39.6 Å². The van der Waals surface area contributed by atoms with E-state index in [1.807, 2.05) is 11.0 Å². The van der Waals surface area contributed by atoms with Crippen LogP contribution >= 0.6 is 11.8 Å². The van der Waals surface area contributed by atoms with Crippen molar-refractivity contribution < 1.29 is 9.18 Å². The lowest BCUT2D eigenvalue weighted by molar-refractivity contribution is -0.129. The van der Waals surface area contributed by atoms with E-state index < -0.39 is 0 Å². The van der Waals surface area contributed by atoms with Gasteiger partial charge in [0, 0.05) is 29.1 Å². The maximum Gasteiger partial charge on any atom is 0.244 e. The van der Waals surface area contributed by atoms with E-state index in [2.05, 4.69) is 32.5 Å². The number of carbonyl (C=O) groups excluding carboxylic acids is 1. The van der Waals surface area contributed by atoms with Gasteiger partial charge in [-0.05, 0) is 97.8 Å². The molecule has 204 valence electrons. The lowest BCUT2D eigenvalue weighted by Crippen LogP contribution is -2.34. The number of aryl methyl sites for hydroxylation is 1. The highest BCUT2D eigenvalue weighted by molar-refractivity contribution is 8.04. The van der Waals surface area contributed by atoms with Crippen LogP contribution in [0.25, 0.3) is 0 Å². The fourth-order valence-electron chi connectivity index (χ4n) is 7.66. The summed E-state index contributed by atoms with van der Waals surface area (Å²) in [5.41, 5.74) is 4.24. The zero-order valence-corrected chi connectivity index (χ0v) is 24.2. The fourth-order valence-corrected chi connectivity index (χ4v) is 9.55. The highest BCUT2D eigenvalue weighted by atomic mass is 32.2. The van der Waals surface area contributed by atoms with Gasteiger partial charge in [0.1, 0.15) is 12.4 Å². The number of carbonyl (C=O) groups is 1. The second kappa shape index (κ2) is 10.2. The molecular formula is C32H42FN3OS. The molecule has 2 aliphatic heterocycles. The summed E-state index contributed by atoms with van der Waals surface area (Å²) in [7, 11) is 0. The van der Waals surface area contributed by atoms with E-state index >= 15 is 0 Å². The number of thioether (sulfide) groups is 1. The van der Waals surface area contributed by atoms with Crippen LogP contribution in [0.2, 0.25) is 0 Å². The maximum absolute atomic E-state index is 14.1. The molecule has 2 heterocycles. The van der Waals surface area contributed by atoms with E-state index in [4.69, 9.17) is 9.98 Å². The average Bonchev–Trinajstić information content (AvgIpc) is 3.80. The van der Waals surface area contributed by atoms with Gasteiger partial charge >= 0.3 is 0 Å². The molecule has 0 aromatic heterocycles. The quantitative estimate of drug-likeness (QED) is 0.285. The van der Waals surface area contributed by atoms with Crippen LogP contribution < -0.4 is 0 Å². The molecule has 3 saturated carbocycles. The highest BCUT2D eigenvalue weighted by Crippen LogP contribution is 2.87. The second-order valence-electron chi connectivity index (χ2n) is 12.5. The number of benzene rings is 1. The Bertz CT molecular complexity index is 1210. The molecule has 6 heteroatoms. The topological polar surface area (TPSA) is 45.0 Å². The Morgan fingerprint density at radius 2 is 1.95 bits per heavy atom. The summed E-state index contributed by atoms with van der Waals surface area (Å²) in [4.78, 5) is 27.0. The molecule has 0 bridgehead atoms. The van der Waals surface area contributed by atoms with Gasteiger partial charge in [-0.3, -0.25) is 9.79 Å². The van der Waals surface area contributed by atoms with Crippen LogP contribution in [0.4, 0.5) is 4.39 Å². The van der Waals surface area contributed by atoms with Gasteiger partial charge in [0.05, 0.1) is 0 Å². The van der Waals surface area contributed by atoms with Crippen molar-refractivity contribution >= 4 is 29.2 Å². The van der Waals surface area contributed by atoms with Crippen LogP contribution in [0.1, 0.15) is 83.3 Å². The number of nitrogens with zero attached hydrogens (tertiary/aromatic N) is 3. The third kappa shape index (κ3) is 4.69. The molecule has 5 aliphatic rings. The van der Waals surface area contributed by atoms with E-state index in [-0.39, 0.29) is 18.3 Å². The predicted molar refractivity (Wildman–Crippen MR) is 155 cm³/mol. The summed E-state index contributed by atoms with van der Waals surface area (Å²) in [6.45, 7) is 10.4. The smallest absolute Gasteiger partial charge is 0.244 e.